The average molecular weight is 219 g/mol. The molecule has 3 N–H and O–H groups in total. The first kappa shape index (κ1) is 10.7. The number of carboxylic acids is 1. The van der Waals surface area contributed by atoms with Gasteiger partial charge >= 0.3 is 5.97 Å². The van der Waals surface area contributed by atoms with Gasteiger partial charge in [-0.25, -0.2) is 0 Å². The van der Waals surface area contributed by atoms with Crippen LogP contribution in [0.3, 0.4) is 0 Å². The summed E-state index contributed by atoms with van der Waals surface area (Å²) in [7, 11) is 0. The summed E-state index contributed by atoms with van der Waals surface area (Å²) in [6.07, 6.45) is 1.94. The Balaban J connectivity index is 2.41. The number of rotatable bonds is 3. The van der Waals surface area contributed by atoms with E-state index in [1.165, 1.54) is 0 Å². The molecule has 0 amide bonds. The second-order valence-electron chi connectivity index (χ2n) is 3.86. The maximum absolute atomic E-state index is 10.7. The predicted octanol–water partition coefficient (Wildman–Crippen LogP) is 1.70. The van der Waals surface area contributed by atoms with Gasteiger partial charge in [0, 0.05) is 11.8 Å². The number of benzene rings is 1. The van der Waals surface area contributed by atoms with Crippen molar-refractivity contribution in [1.82, 2.24) is 0 Å². The van der Waals surface area contributed by atoms with Gasteiger partial charge in [-0.05, 0) is 18.1 Å². The Bertz CT molecular complexity index is 530. The highest BCUT2D eigenvalue weighted by atomic mass is 16.4. The molecule has 1 heterocycles. The Morgan fingerprint density at radius 2 is 2.31 bits per heavy atom. The van der Waals surface area contributed by atoms with Gasteiger partial charge in [-0.15, -0.1) is 0 Å². The first-order valence-corrected chi connectivity index (χ1v) is 5.03. The Morgan fingerprint density at radius 3 is 3.00 bits per heavy atom. The molecule has 0 saturated carbocycles. The van der Waals surface area contributed by atoms with Gasteiger partial charge in [-0.3, -0.25) is 4.79 Å². The van der Waals surface area contributed by atoms with E-state index in [2.05, 4.69) is 0 Å². The number of hydrogen-bond acceptors (Lipinski definition) is 3. The van der Waals surface area contributed by atoms with Crippen molar-refractivity contribution in [2.45, 2.75) is 19.4 Å². The summed E-state index contributed by atoms with van der Waals surface area (Å²) < 4.78 is 5.41. The monoisotopic (exact) mass is 219 g/mol. The van der Waals surface area contributed by atoms with Crippen molar-refractivity contribution in [2.75, 3.05) is 0 Å². The molecule has 2 rings (SSSR count). The molecule has 0 fully saturated rings. The smallest absolute Gasteiger partial charge is 0.320 e. The lowest BCUT2D eigenvalue weighted by molar-refractivity contribution is -0.138. The highest BCUT2D eigenvalue weighted by Crippen LogP contribution is 2.24. The molecule has 1 aromatic heterocycles. The number of fused-ring (bicyclic) bond motifs is 1. The number of aryl methyl sites for hydroxylation is 1. The number of furan rings is 1. The van der Waals surface area contributed by atoms with Crippen molar-refractivity contribution < 1.29 is 14.3 Å². The van der Waals surface area contributed by atoms with Gasteiger partial charge in [0.15, 0.2) is 0 Å². The fourth-order valence-corrected chi connectivity index (χ4v) is 1.73. The lowest BCUT2D eigenvalue weighted by atomic mass is 10.0. The summed E-state index contributed by atoms with van der Waals surface area (Å²) in [5.74, 6) is -1.000. The van der Waals surface area contributed by atoms with Gasteiger partial charge in [0.25, 0.3) is 0 Å². The molecule has 0 aliphatic carbocycles. The van der Waals surface area contributed by atoms with E-state index < -0.39 is 12.0 Å². The van der Waals surface area contributed by atoms with Crippen molar-refractivity contribution in [3.8, 4) is 0 Å². The Labute approximate surface area is 92.7 Å². The molecule has 1 aromatic carbocycles. The molecule has 0 bridgehead atoms. The van der Waals surface area contributed by atoms with E-state index in [1.807, 2.05) is 25.1 Å². The van der Waals surface area contributed by atoms with E-state index in [0.717, 1.165) is 22.1 Å². The molecular formula is C12H13NO3. The number of nitrogens with two attached hydrogens (primary N) is 1. The molecule has 0 spiro atoms. The van der Waals surface area contributed by atoms with E-state index >= 15 is 0 Å². The molecule has 2 aromatic rings. The van der Waals surface area contributed by atoms with Crippen molar-refractivity contribution in [1.29, 1.82) is 0 Å². The topological polar surface area (TPSA) is 76.5 Å². The van der Waals surface area contributed by atoms with E-state index in [1.54, 1.807) is 6.26 Å². The van der Waals surface area contributed by atoms with Crippen molar-refractivity contribution in [3.63, 3.8) is 0 Å². The van der Waals surface area contributed by atoms with Crippen LogP contribution in [0, 0.1) is 6.92 Å². The fourth-order valence-electron chi connectivity index (χ4n) is 1.73. The third kappa shape index (κ3) is 1.79. The van der Waals surface area contributed by atoms with E-state index in [0.29, 0.717) is 0 Å². The van der Waals surface area contributed by atoms with E-state index in [9.17, 15) is 4.79 Å². The van der Waals surface area contributed by atoms with Crippen molar-refractivity contribution in [2.24, 2.45) is 5.73 Å². The standard InChI is InChI=1S/C12H13NO3/c1-7-6-16-11-8(3-2-4-9(7)11)5-10(13)12(14)15/h2-4,6,10H,5,13H2,1H3,(H,14,15). The van der Waals surface area contributed by atoms with Crippen LogP contribution >= 0.6 is 0 Å². The highest BCUT2D eigenvalue weighted by molar-refractivity contribution is 5.84. The second-order valence-corrected chi connectivity index (χ2v) is 3.86. The van der Waals surface area contributed by atoms with E-state index in [-0.39, 0.29) is 6.42 Å². The zero-order chi connectivity index (χ0) is 11.7. The molecule has 0 radical (unpaired) electrons. The predicted molar refractivity (Wildman–Crippen MR) is 60.3 cm³/mol. The number of aliphatic carboxylic acids is 1. The average Bonchev–Trinajstić information content (AvgIpc) is 2.62. The van der Waals surface area contributed by atoms with Crippen LogP contribution < -0.4 is 5.73 Å². The highest BCUT2D eigenvalue weighted by Gasteiger charge is 2.15. The zero-order valence-electron chi connectivity index (χ0n) is 8.93. The molecule has 16 heavy (non-hydrogen) atoms. The van der Waals surface area contributed by atoms with Crippen molar-refractivity contribution >= 4 is 16.9 Å². The van der Waals surface area contributed by atoms with Crippen LogP contribution in [-0.4, -0.2) is 17.1 Å². The van der Waals surface area contributed by atoms with Gasteiger partial charge in [0.2, 0.25) is 0 Å². The van der Waals surface area contributed by atoms with Crippen LogP contribution in [0.4, 0.5) is 0 Å². The number of carboxylic acid groups (broad SMARTS) is 1. The van der Waals surface area contributed by atoms with Gasteiger partial charge in [0.1, 0.15) is 11.6 Å². The third-order valence-electron chi connectivity index (χ3n) is 2.63. The Kier molecular flexibility index (Phi) is 2.66. The molecule has 84 valence electrons. The lowest BCUT2D eigenvalue weighted by Gasteiger charge is -2.06. The molecule has 4 nitrogen and oxygen atoms in total. The van der Waals surface area contributed by atoms with Gasteiger partial charge in [-0.2, -0.15) is 0 Å². The summed E-state index contributed by atoms with van der Waals surface area (Å²) in [5.41, 5.74) is 8.11. The largest absolute Gasteiger partial charge is 0.480 e. The van der Waals surface area contributed by atoms with Crippen LogP contribution in [0.25, 0.3) is 11.0 Å². The van der Waals surface area contributed by atoms with Crippen LogP contribution in [0.5, 0.6) is 0 Å². The van der Waals surface area contributed by atoms with Crippen LogP contribution in [-0.2, 0) is 11.2 Å². The van der Waals surface area contributed by atoms with Gasteiger partial charge < -0.3 is 15.3 Å². The first-order chi connectivity index (χ1) is 7.59. The fraction of sp³-hybridized carbons (Fsp3) is 0.250. The molecule has 0 aliphatic heterocycles. The van der Waals surface area contributed by atoms with Gasteiger partial charge in [0.05, 0.1) is 6.26 Å². The SMILES string of the molecule is Cc1coc2c(CC(N)C(=O)O)cccc12. The minimum atomic E-state index is -1.000. The quantitative estimate of drug-likeness (QED) is 0.823. The summed E-state index contributed by atoms with van der Waals surface area (Å²) in [5, 5.41) is 9.77. The molecule has 1 unspecified atom stereocenters. The summed E-state index contributed by atoms with van der Waals surface area (Å²) in [6, 6.07) is 4.78. The maximum atomic E-state index is 10.7. The lowest BCUT2D eigenvalue weighted by Crippen LogP contribution is -2.32. The maximum Gasteiger partial charge on any atom is 0.320 e. The Hall–Kier alpha value is -1.81. The van der Waals surface area contributed by atoms with Crippen molar-refractivity contribution in [3.05, 3.63) is 35.6 Å². The molecule has 4 heteroatoms. The zero-order valence-corrected chi connectivity index (χ0v) is 8.93. The van der Waals surface area contributed by atoms with Crippen LogP contribution in [0.15, 0.2) is 28.9 Å². The normalized spacial score (nSPS) is 12.9. The number of carbonyl (C=O) groups is 1. The molecule has 1 atom stereocenters. The van der Waals surface area contributed by atoms with Gasteiger partial charge in [-0.1, -0.05) is 18.2 Å². The van der Waals surface area contributed by atoms with Crippen LogP contribution in [0.1, 0.15) is 11.1 Å². The summed E-state index contributed by atoms with van der Waals surface area (Å²) >= 11 is 0. The summed E-state index contributed by atoms with van der Waals surface area (Å²) in [4.78, 5) is 10.7. The molecular weight excluding hydrogens is 206 g/mol. The minimum Gasteiger partial charge on any atom is -0.480 e. The molecule has 0 saturated heterocycles. The first-order valence-electron chi connectivity index (χ1n) is 5.03. The van der Waals surface area contributed by atoms with Crippen LogP contribution in [0.2, 0.25) is 0 Å². The van der Waals surface area contributed by atoms with E-state index in [4.69, 9.17) is 15.3 Å². The minimum absolute atomic E-state index is 0.277. The Morgan fingerprint density at radius 1 is 1.56 bits per heavy atom. The molecule has 0 aliphatic rings. The number of para-hydroxylation sites is 1. The number of hydrogen-bond donors (Lipinski definition) is 2. The second kappa shape index (κ2) is 3.98. The summed E-state index contributed by atoms with van der Waals surface area (Å²) in [6.45, 7) is 1.95. The third-order valence-corrected chi connectivity index (χ3v) is 2.63.